The van der Waals surface area contributed by atoms with Gasteiger partial charge in [-0.2, -0.15) is 0 Å². The van der Waals surface area contributed by atoms with Crippen molar-refractivity contribution in [2.45, 2.75) is 74.6 Å². The molecule has 7 rings (SSSR count). The molecule has 6 heteroatoms. The van der Waals surface area contributed by atoms with Crippen molar-refractivity contribution in [1.82, 2.24) is 14.7 Å². The molecule has 2 heterocycles. The number of piperidine rings is 1. The molecule has 206 valence electrons. The normalized spacial score (nSPS) is 32.8. The molecule has 1 saturated heterocycles. The second-order valence-corrected chi connectivity index (χ2v) is 13.0. The predicted octanol–water partition coefficient (Wildman–Crippen LogP) is 4.37. The van der Waals surface area contributed by atoms with Gasteiger partial charge in [0.25, 0.3) is 0 Å². The van der Waals surface area contributed by atoms with Crippen LogP contribution in [-0.4, -0.2) is 83.7 Å². The lowest BCUT2D eigenvalue weighted by molar-refractivity contribution is -0.160. The Hall–Kier alpha value is -2.83. The summed E-state index contributed by atoms with van der Waals surface area (Å²) < 4.78 is 6.86. The number of aryl methyl sites for hydroxylation is 1. The molecule has 2 bridgehead atoms. The van der Waals surface area contributed by atoms with Gasteiger partial charge in [-0.3, -0.25) is 9.69 Å². The van der Waals surface area contributed by atoms with Gasteiger partial charge in [0.15, 0.2) is 11.5 Å². The van der Waals surface area contributed by atoms with Crippen LogP contribution in [0.5, 0.6) is 11.5 Å². The Morgan fingerprint density at radius 1 is 1.15 bits per heavy atom. The molecule has 3 fully saturated rings. The summed E-state index contributed by atoms with van der Waals surface area (Å²) >= 11 is 0. The first-order chi connectivity index (χ1) is 18.8. The molecule has 2 aromatic carbocycles. The SMILES string of the molecule is Cc1cccc(C=CC(=O)N(C)[C@H]2CC[C@@]3(N(C)C)[C@H]4Cc5ccc(O)c6c5[C@@]3(CCN4CC3CC3)[C@H]2O6)c1. The molecular weight excluding hydrogens is 486 g/mol. The first-order valence-corrected chi connectivity index (χ1v) is 14.7. The number of likely N-dealkylation sites (tertiary alicyclic amines) is 1. The quantitative estimate of drug-likeness (QED) is 0.566. The molecule has 3 aliphatic carbocycles. The summed E-state index contributed by atoms with van der Waals surface area (Å²) in [5.41, 5.74) is 4.39. The average Bonchev–Trinajstić information content (AvgIpc) is 3.67. The monoisotopic (exact) mass is 527 g/mol. The lowest BCUT2D eigenvalue weighted by atomic mass is 9.46. The third-order valence-corrected chi connectivity index (χ3v) is 10.8. The van der Waals surface area contributed by atoms with E-state index in [4.69, 9.17) is 4.74 Å². The minimum absolute atomic E-state index is 0.00205. The summed E-state index contributed by atoms with van der Waals surface area (Å²) in [6, 6.07) is 12.5. The highest BCUT2D eigenvalue weighted by Gasteiger charge is 2.74. The Morgan fingerprint density at radius 2 is 1.97 bits per heavy atom. The maximum atomic E-state index is 13.6. The maximum absolute atomic E-state index is 13.6. The van der Waals surface area contributed by atoms with Crippen LogP contribution in [0.3, 0.4) is 0 Å². The van der Waals surface area contributed by atoms with Gasteiger partial charge in [-0.25, -0.2) is 0 Å². The Balaban J connectivity index is 1.29. The van der Waals surface area contributed by atoms with E-state index in [1.807, 2.05) is 36.2 Å². The standard InChI is InChI=1S/C33H41N3O3/c1-21-6-5-7-22(18-21)10-13-28(38)35(4)25-14-15-33(34(2)3)27-19-24-11-12-26(37)30-29(24)32(33,31(25)39-30)16-17-36(27)20-23-8-9-23/h5-7,10-13,18,23,25,27,31,37H,8-9,14-17,19-20H2,1-4H3/t25-,27+,31-,32-,33+/m0/s1. The minimum Gasteiger partial charge on any atom is -0.504 e. The molecule has 39 heavy (non-hydrogen) atoms. The number of benzene rings is 2. The zero-order chi connectivity index (χ0) is 27.1. The van der Waals surface area contributed by atoms with E-state index >= 15 is 0 Å². The van der Waals surface area contributed by atoms with Crippen LogP contribution in [0.1, 0.15) is 54.4 Å². The van der Waals surface area contributed by atoms with Gasteiger partial charge in [0.2, 0.25) is 5.91 Å². The molecule has 2 saturated carbocycles. The van der Waals surface area contributed by atoms with Crippen molar-refractivity contribution >= 4 is 12.0 Å². The Morgan fingerprint density at radius 3 is 2.72 bits per heavy atom. The molecule has 2 aliphatic heterocycles. The molecule has 1 spiro atoms. The summed E-state index contributed by atoms with van der Waals surface area (Å²) in [5.74, 6) is 1.74. The highest BCUT2D eigenvalue weighted by Crippen LogP contribution is 2.67. The van der Waals surface area contributed by atoms with E-state index in [2.05, 4.69) is 49.0 Å². The van der Waals surface area contributed by atoms with Crippen LogP contribution in [0.4, 0.5) is 0 Å². The van der Waals surface area contributed by atoms with Crippen LogP contribution < -0.4 is 4.74 Å². The maximum Gasteiger partial charge on any atom is 0.246 e. The molecule has 0 radical (unpaired) electrons. The summed E-state index contributed by atoms with van der Waals surface area (Å²) in [5, 5.41) is 11.0. The number of carbonyl (C=O) groups is 1. The van der Waals surface area contributed by atoms with Gasteiger partial charge in [0.1, 0.15) is 6.10 Å². The predicted molar refractivity (Wildman–Crippen MR) is 153 cm³/mol. The molecule has 5 aliphatic rings. The zero-order valence-corrected chi connectivity index (χ0v) is 23.7. The number of phenols is 1. The van der Waals surface area contributed by atoms with Crippen LogP contribution in [0.2, 0.25) is 0 Å². The lowest BCUT2D eigenvalue weighted by Gasteiger charge is -2.69. The molecule has 1 N–H and O–H groups in total. The third kappa shape index (κ3) is 3.50. The number of hydrogen-bond donors (Lipinski definition) is 1. The van der Waals surface area contributed by atoms with Crippen LogP contribution in [0.15, 0.2) is 42.5 Å². The van der Waals surface area contributed by atoms with Crippen molar-refractivity contribution in [3.8, 4) is 11.5 Å². The average molecular weight is 528 g/mol. The molecule has 1 amide bonds. The van der Waals surface area contributed by atoms with Crippen molar-refractivity contribution in [2.24, 2.45) is 5.92 Å². The highest BCUT2D eigenvalue weighted by molar-refractivity contribution is 5.92. The van der Waals surface area contributed by atoms with E-state index in [0.29, 0.717) is 11.8 Å². The molecule has 2 aromatic rings. The van der Waals surface area contributed by atoms with Gasteiger partial charge in [-0.1, -0.05) is 35.9 Å². The first-order valence-electron chi connectivity index (χ1n) is 14.7. The van der Waals surface area contributed by atoms with E-state index in [0.717, 1.165) is 43.7 Å². The number of likely N-dealkylation sites (N-methyl/N-ethyl adjacent to an activating group) is 2. The lowest BCUT2D eigenvalue weighted by Crippen LogP contribution is -2.82. The van der Waals surface area contributed by atoms with E-state index < -0.39 is 0 Å². The van der Waals surface area contributed by atoms with E-state index in [9.17, 15) is 9.90 Å². The highest BCUT2D eigenvalue weighted by atomic mass is 16.5. The Labute approximate surface area is 232 Å². The largest absolute Gasteiger partial charge is 0.504 e. The molecule has 0 aromatic heterocycles. The number of aromatic hydroxyl groups is 1. The van der Waals surface area contributed by atoms with Crippen molar-refractivity contribution in [2.75, 3.05) is 34.2 Å². The number of ether oxygens (including phenoxy) is 1. The van der Waals surface area contributed by atoms with Crippen molar-refractivity contribution in [1.29, 1.82) is 0 Å². The summed E-state index contributed by atoms with van der Waals surface area (Å²) in [6.45, 7) is 4.30. The number of amides is 1. The topological polar surface area (TPSA) is 56.2 Å². The number of phenolic OH excluding ortho intramolecular Hbond substituents is 1. The fraction of sp³-hybridized carbons (Fsp3) is 0.545. The van der Waals surface area contributed by atoms with Gasteiger partial charge in [0.05, 0.1) is 11.5 Å². The van der Waals surface area contributed by atoms with Crippen LogP contribution in [0.25, 0.3) is 6.08 Å². The van der Waals surface area contributed by atoms with Crippen LogP contribution in [0, 0.1) is 12.8 Å². The Kier molecular flexibility index (Phi) is 5.70. The second-order valence-electron chi connectivity index (χ2n) is 13.0. The smallest absolute Gasteiger partial charge is 0.246 e. The van der Waals surface area contributed by atoms with E-state index in [-0.39, 0.29) is 34.8 Å². The van der Waals surface area contributed by atoms with Crippen LogP contribution >= 0.6 is 0 Å². The second kappa shape index (κ2) is 8.84. The van der Waals surface area contributed by atoms with Crippen molar-refractivity contribution in [3.05, 3.63) is 64.7 Å². The molecule has 5 atom stereocenters. The van der Waals surface area contributed by atoms with Gasteiger partial charge in [0, 0.05) is 36.8 Å². The fourth-order valence-corrected chi connectivity index (χ4v) is 8.99. The number of nitrogens with zero attached hydrogens (tertiary/aromatic N) is 3. The number of hydrogen-bond acceptors (Lipinski definition) is 5. The number of rotatable bonds is 6. The summed E-state index contributed by atoms with van der Waals surface area (Å²) in [4.78, 5) is 20.8. The van der Waals surface area contributed by atoms with E-state index in [1.54, 1.807) is 6.08 Å². The third-order valence-electron chi connectivity index (χ3n) is 10.8. The first kappa shape index (κ1) is 25.2. The summed E-state index contributed by atoms with van der Waals surface area (Å²) in [7, 11) is 6.43. The van der Waals surface area contributed by atoms with Crippen molar-refractivity contribution in [3.63, 3.8) is 0 Å². The zero-order valence-electron chi connectivity index (χ0n) is 23.7. The molecule has 0 unspecified atom stereocenters. The van der Waals surface area contributed by atoms with Crippen molar-refractivity contribution < 1.29 is 14.6 Å². The van der Waals surface area contributed by atoms with E-state index in [1.165, 1.54) is 36.1 Å². The number of carbonyl (C=O) groups excluding carboxylic acids is 1. The van der Waals surface area contributed by atoms with Crippen LogP contribution in [-0.2, 0) is 16.6 Å². The molecular formula is C33H41N3O3. The minimum atomic E-state index is -0.263. The summed E-state index contributed by atoms with van der Waals surface area (Å²) in [6.07, 6.45) is 9.99. The molecule has 6 nitrogen and oxygen atoms in total. The fourth-order valence-electron chi connectivity index (χ4n) is 8.99. The van der Waals surface area contributed by atoms with Gasteiger partial charge in [-0.05, 0) is 95.3 Å². The van der Waals surface area contributed by atoms with Gasteiger partial charge >= 0.3 is 0 Å². The Bertz CT molecular complexity index is 1350. The van der Waals surface area contributed by atoms with Gasteiger partial charge < -0.3 is 19.6 Å². The van der Waals surface area contributed by atoms with Gasteiger partial charge in [-0.15, -0.1) is 0 Å².